The molecule has 2 heterocycles. The van der Waals surface area contributed by atoms with Crippen molar-refractivity contribution in [2.75, 3.05) is 42.9 Å². The van der Waals surface area contributed by atoms with Gasteiger partial charge in [0.25, 0.3) is 0 Å². The lowest BCUT2D eigenvalue weighted by Crippen LogP contribution is -2.47. The highest BCUT2D eigenvalue weighted by Crippen LogP contribution is 2.16. The second kappa shape index (κ2) is 9.37. The van der Waals surface area contributed by atoms with Crippen molar-refractivity contribution in [1.82, 2.24) is 15.2 Å². The van der Waals surface area contributed by atoms with E-state index in [1.807, 2.05) is 42.5 Å². The molecule has 0 bridgehead atoms. The summed E-state index contributed by atoms with van der Waals surface area (Å²) in [7, 11) is 0. The van der Waals surface area contributed by atoms with Crippen molar-refractivity contribution in [3.8, 4) is 0 Å². The number of rotatable bonds is 6. The molecule has 0 spiro atoms. The van der Waals surface area contributed by atoms with E-state index in [-0.39, 0.29) is 6.03 Å². The molecule has 0 radical (unpaired) electrons. The van der Waals surface area contributed by atoms with Crippen LogP contribution in [0.2, 0.25) is 0 Å². The molecule has 1 saturated heterocycles. The van der Waals surface area contributed by atoms with Crippen LogP contribution in [-0.4, -0.2) is 48.6 Å². The maximum absolute atomic E-state index is 12.0. The molecule has 0 saturated carbocycles. The van der Waals surface area contributed by atoms with E-state index in [9.17, 15) is 4.79 Å². The molecule has 2 amide bonds. The van der Waals surface area contributed by atoms with E-state index < -0.39 is 0 Å². The standard InChI is InChI=1S/C21H29N5O/c1-17(2)16-25-10-12-26(13-11-25)20-9-8-19(15-22-20)24-21(27)23-14-18-6-4-3-5-7-18/h3-9,15,17H,10-14,16H2,1-2H3,(H2,23,24,27). The Hall–Kier alpha value is -2.60. The van der Waals surface area contributed by atoms with Crippen LogP contribution < -0.4 is 15.5 Å². The maximum atomic E-state index is 12.0. The van der Waals surface area contributed by atoms with Gasteiger partial charge in [-0.3, -0.25) is 4.90 Å². The Kier molecular flexibility index (Phi) is 6.65. The van der Waals surface area contributed by atoms with Gasteiger partial charge in [-0.05, 0) is 23.6 Å². The highest BCUT2D eigenvalue weighted by molar-refractivity contribution is 5.89. The largest absolute Gasteiger partial charge is 0.354 e. The number of carbonyl (C=O) groups excluding carboxylic acids is 1. The number of hydrogen-bond acceptors (Lipinski definition) is 4. The van der Waals surface area contributed by atoms with E-state index in [1.165, 1.54) is 0 Å². The quantitative estimate of drug-likeness (QED) is 0.823. The second-order valence-corrected chi connectivity index (χ2v) is 7.38. The molecule has 1 fully saturated rings. The summed E-state index contributed by atoms with van der Waals surface area (Å²) < 4.78 is 0. The number of piperazine rings is 1. The lowest BCUT2D eigenvalue weighted by atomic mass is 10.2. The van der Waals surface area contributed by atoms with Gasteiger partial charge in [0.05, 0.1) is 11.9 Å². The molecule has 1 aliphatic heterocycles. The van der Waals surface area contributed by atoms with Gasteiger partial charge < -0.3 is 15.5 Å². The molecule has 1 aromatic carbocycles. The van der Waals surface area contributed by atoms with Crippen LogP contribution in [0.1, 0.15) is 19.4 Å². The molecule has 0 atom stereocenters. The molecule has 6 nitrogen and oxygen atoms in total. The van der Waals surface area contributed by atoms with E-state index in [1.54, 1.807) is 6.20 Å². The second-order valence-electron chi connectivity index (χ2n) is 7.38. The summed E-state index contributed by atoms with van der Waals surface area (Å²) in [6.45, 7) is 10.3. The molecule has 6 heteroatoms. The Bertz CT molecular complexity index is 709. The van der Waals surface area contributed by atoms with E-state index in [0.717, 1.165) is 44.1 Å². The van der Waals surface area contributed by atoms with Crippen LogP contribution in [0.4, 0.5) is 16.3 Å². The third-order valence-electron chi connectivity index (χ3n) is 4.62. The number of aromatic nitrogens is 1. The number of carbonyl (C=O) groups is 1. The number of pyridine rings is 1. The van der Waals surface area contributed by atoms with Crippen molar-refractivity contribution in [3.05, 3.63) is 54.2 Å². The maximum Gasteiger partial charge on any atom is 0.319 e. The van der Waals surface area contributed by atoms with Crippen molar-refractivity contribution in [2.24, 2.45) is 5.92 Å². The monoisotopic (exact) mass is 367 g/mol. The molecule has 1 aromatic heterocycles. The Balaban J connectivity index is 1.45. The van der Waals surface area contributed by atoms with Gasteiger partial charge in [-0.1, -0.05) is 44.2 Å². The topological polar surface area (TPSA) is 60.5 Å². The smallest absolute Gasteiger partial charge is 0.319 e. The molecule has 3 rings (SSSR count). The number of urea groups is 1. The number of hydrogen-bond donors (Lipinski definition) is 2. The fourth-order valence-corrected chi connectivity index (χ4v) is 3.28. The Morgan fingerprint density at radius 2 is 1.81 bits per heavy atom. The first-order chi connectivity index (χ1) is 13.1. The summed E-state index contributed by atoms with van der Waals surface area (Å²) in [5, 5.41) is 5.68. The molecule has 144 valence electrons. The van der Waals surface area contributed by atoms with Crippen LogP contribution >= 0.6 is 0 Å². The van der Waals surface area contributed by atoms with E-state index >= 15 is 0 Å². The SMILES string of the molecule is CC(C)CN1CCN(c2ccc(NC(=O)NCc3ccccc3)cn2)CC1. The van der Waals surface area contributed by atoms with E-state index in [4.69, 9.17) is 0 Å². The number of nitrogens with one attached hydrogen (secondary N) is 2. The number of amides is 2. The van der Waals surface area contributed by atoms with Gasteiger partial charge in [-0.2, -0.15) is 0 Å². The summed E-state index contributed by atoms with van der Waals surface area (Å²) in [5.74, 6) is 1.67. The van der Waals surface area contributed by atoms with Gasteiger partial charge in [0.1, 0.15) is 5.82 Å². The van der Waals surface area contributed by atoms with Gasteiger partial charge in [-0.15, -0.1) is 0 Å². The molecule has 2 aromatic rings. The third-order valence-corrected chi connectivity index (χ3v) is 4.62. The normalized spacial score (nSPS) is 15.0. The lowest BCUT2D eigenvalue weighted by molar-refractivity contribution is 0.231. The zero-order valence-corrected chi connectivity index (χ0v) is 16.2. The van der Waals surface area contributed by atoms with Crippen molar-refractivity contribution in [1.29, 1.82) is 0 Å². The zero-order valence-electron chi connectivity index (χ0n) is 16.2. The average molecular weight is 367 g/mol. The molecule has 27 heavy (non-hydrogen) atoms. The van der Waals surface area contributed by atoms with Gasteiger partial charge in [-0.25, -0.2) is 9.78 Å². The molecule has 1 aliphatic rings. The highest BCUT2D eigenvalue weighted by Gasteiger charge is 2.18. The van der Waals surface area contributed by atoms with E-state index in [2.05, 4.69) is 39.3 Å². The molecule has 0 unspecified atom stereocenters. The Morgan fingerprint density at radius 3 is 2.44 bits per heavy atom. The van der Waals surface area contributed by atoms with Crippen LogP contribution in [0.15, 0.2) is 48.7 Å². The summed E-state index contributed by atoms with van der Waals surface area (Å²) in [4.78, 5) is 21.4. The zero-order chi connectivity index (χ0) is 19.1. The summed E-state index contributed by atoms with van der Waals surface area (Å²) in [5.41, 5.74) is 1.76. The molecule has 2 N–H and O–H groups in total. The van der Waals surface area contributed by atoms with Crippen molar-refractivity contribution < 1.29 is 4.79 Å². The number of anilines is 2. The average Bonchev–Trinajstić information content (AvgIpc) is 2.68. The fraction of sp³-hybridized carbons (Fsp3) is 0.429. The highest BCUT2D eigenvalue weighted by atomic mass is 16.2. The third kappa shape index (κ3) is 5.96. The van der Waals surface area contributed by atoms with Gasteiger partial charge in [0.2, 0.25) is 0 Å². The molecule has 0 aliphatic carbocycles. The van der Waals surface area contributed by atoms with Crippen LogP contribution in [-0.2, 0) is 6.54 Å². The summed E-state index contributed by atoms with van der Waals surface area (Å²) in [6.07, 6.45) is 1.72. The summed E-state index contributed by atoms with van der Waals surface area (Å²) >= 11 is 0. The van der Waals surface area contributed by atoms with Crippen molar-refractivity contribution >= 4 is 17.5 Å². The van der Waals surface area contributed by atoms with Crippen LogP contribution in [0.3, 0.4) is 0 Å². The summed E-state index contributed by atoms with van der Waals surface area (Å²) in [6, 6.07) is 13.5. The van der Waals surface area contributed by atoms with Gasteiger partial charge in [0.15, 0.2) is 0 Å². The number of benzene rings is 1. The minimum absolute atomic E-state index is 0.226. The minimum atomic E-state index is -0.226. The minimum Gasteiger partial charge on any atom is -0.354 e. The van der Waals surface area contributed by atoms with E-state index in [0.29, 0.717) is 18.2 Å². The fourth-order valence-electron chi connectivity index (χ4n) is 3.28. The first kappa shape index (κ1) is 19.2. The van der Waals surface area contributed by atoms with Crippen LogP contribution in [0.5, 0.6) is 0 Å². The lowest BCUT2D eigenvalue weighted by Gasteiger charge is -2.36. The van der Waals surface area contributed by atoms with Gasteiger partial charge in [0, 0.05) is 39.3 Å². The van der Waals surface area contributed by atoms with Gasteiger partial charge >= 0.3 is 6.03 Å². The molecular weight excluding hydrogens is 338 g/mol. The Labute approximate surface area is 161 Å². The first-order valence-electron chi connectivity index (χ1n) is 9.62. The van der Waals surface area contributed by atoms with Crippen molar-refractivity contribution in [2.45, 2.75) is 20.4 Å². The Morgan fingerprint density at radius 1 is 1.07 bits per heavy atom. The van der Waals surface area contributed by atoms with Crippen molar-refractivity contribution in [3.63, 3.8) is 0 Å². The van der Waals surface area contributed by atoms with Crippen LogP contribution in [0, 0.1) is 5.92 Å². The van der Waals surface area contributed by atoms with Crippen LogP contribution in [0.25, 0.3) is 0 Å². The number of nitrogens with zero attached hydrogens (tertiary/aromatic N) is 3. The first-order valence-corrected chi connectivity index (χ1v) is 9.62. The predicted octanol–water partition coefficient (Wildman–Crippen LogP) is 3.18. The molecular formula is C21H29N5O. The predicted molar refractivity (Wildman–Crippen MR) is 110 cm³/mol.